The minimum atomic E-state index is -3.58. The average molecular weight is 319 g/mol. The molecule has 0 aromatic heterocycles. The Kier molecular flexibility index (Phi) is 4.59. The topological polar surface area (TPSA) is 72.6 Å². The normalized spacial score (nSPS) is 15.8. The van der Waals surface area contributed by atoms with Crippen LogP contribution in [0.25, 0.3) is 0 Å². The van der Waals surface area contributed by atoms with Crippen molar-refractivity contribution in [1.82, 2.24) is 4.31 Å². The molecular formula is C13H19ClN2O3S. The van der Waals surface area contributed by atoms with Crippen molar-refractivity contribution in [1.29, 1.82) is 0 Å². The van der Waals surface area contributed by atoms with Crippen LogP contribution in [-0.2, 0) is 14.8 Å². The van der Waals surface area contributed by atoms with E-state index in [2.05, 4.69) is 0 Å². The van der Waals surface area contributed by atoms with E-state index >= 15 is 0 Å². The van der Waals surface area contributed by atoms with E-state index < -0.39 is 10.0 Å². The summed E-state index contributed by atoms with van der Waals surface area (Å²) in [6.45, 7) is 2.47. The Morgan fingerprint density at radius 3 is 2.60 bits per heavy atom. The fourth-order valence-corrected chi connectivity index (χ4v) is 4.02. The molecule has 0 bridgehead atoms. The fraction of sp³-hybridized carbons (Fsp3) is 0.538. The largest absolute Gasteiger partial charge is 0.398 e. The van der Waals surface area contributed by atoms with Gasteiger partial charge < -0.3 is 10.5 Å². The van der Waals surface area contributed by atoms with Gasteiger partial charge in [0.05, 0.1) is 11.5 Å². The Bertz CT molecular complexity index is 577. The van der Waals surface area contributed by atoms with Crippen molar-refractivity contribution in [2.45, 2.75) is 30.7 Å². The SMILES string of the molecule is COCCN(C1CC1)S(=O)(=O)c1cc(N)c(C)c(Cl)c1. The van der Waals surface area contributed by atoms with E-state index in [-0.39, 0.29) is 10.9 Å². The number of ether oxygens (including phenoxy) is 1. The van der Waals surface area contributed by atoms with Gasteiger partial charge in [0.15, 0.2) is 0 Å². The first-order valence-electron chi connectivity index (χ1n) is 6.44. The summed E-state index contributed by atoms with van der Waals surface area (Å²) < 4.78 is 31.9. The molecule has 0 saturated heterocycles. The van der Waals surface area contributed by atoms with Gasteiger partial charge in [-0.3, -0.25) is 0 Å². The molecule has 1 aromatic carbocycles. The molecule has 112 valence electrons. The minimum Gasteiger partial charge on any atom is -0.398 e. The second-order valence-corrected chi connectivity index (χ2v) is 7.26. The van der Waals surface area contributed by atoms with Gasteiger partial charge >= 0.3 is 0 Å². The van der Waals surface area contributed by atoms with Crippen molar-refractivity contribution in [3.8, 4) is 0 Å². The summed E-state index contributed by atoms with van der Waals surface area (Å²) >= 11 is 6.04. The molecular weight excluding hydrogens is 300 g/mol. The van der Waals surface area contributed by atoms with E-state index in [0.29, 0.717) is 29.4 Å². The second-order valence-electron chi connectivity index (χ2n) is 4.96. The first-order valence-corrected chi connectivity index (χ1v) is 8.26. The lowest BCUT2D eigenvalue weighted by atomic mass is 10.2. The summed E-state index contributed by atoms with van der Waals surface area (Å²) in [5.41, 5.74) is 6.90. The number of anilines is 1. The molecule has 7 heteroatoms. The van der Waals surface area contributed by atoms with Gasteiger partial charge in [0.1, 0.15) is 0 Å². The Hall–Kier alpha value is -0.820. The van der Waals surface area contributed by atoms with Crippen LogP contribution in [0.15, 0.2) is 17.0 Å². The van der Waals surface area contributed by atoms with Crippen molar-refractivity contribution in [3.05, 3.63) is 22.7 Å². The van der Waals surface area contributed by atoms with E-state index in [9.17, 15) is 8.42 Å². The van der Waals surface area contributed by atoms with Crippen molar-refractivity contribution < 1.29 is 13.2 Å². The van der Waals surface area contributed by atoms with Gasteiger partial charge in [-0.15, -0.1) is 0 Å². The molecule has 0 heterocycles. The lowest BCUT2D eigenvalue weighted by Crippen LogP contribution is -2.35. The van der Waals surface area contributed by atoms with E-state index in [0.717, 1.165) is 12.8 Å². The van der Waals surface area contributed by atoms with Gasteiger partial charge in [-0.1, -0.05) is 11.6 Å². The Balaban J connectivity index is 2.37. The molecule has 0 amide bonds. The van der Waals surface area contributed by atoms with Crippen LogP contribution in [0, 0.1) is 6.92 Å². The highest BCUT2D eigenvalue weighted by Gasteiger charge is 2.38. The fourth-order valence-electron chi connectivity index (χ4n) is 2.00. The highest BCUT2D eigenvalue weighted by atomic mass is 35.5. The summed E-state index contributed by atoms with van der Waals surface area (Å²) in [7, 11) is -2.03. The first kappa shape index (κ1) is 15.6. The maximum atomic E-state index is 12.7. The molecule has 2 N–H and O–H groups in total. The first-order chi connectivity index (χ1) is 9.37. The van der Waals surface area contributed by atoms with Crippen LogP contribution in [0.5, 0.6) is 0 Å². The highest BCUT2D eigenvalue weighted by molar-refractivity contribution is 7.89. The van der Waals surface area contributed by atoms with E-state index in [4.69, 9.17) is 22.1 Å². The van der Waals surface area contributed by atoms with Gasteiger partial charge in [0.25, 0.3) is 0 Å². The van der Waals surface area contributed by atoms with Gasteiger partial charge in [0.2, 0.25) is 10.0 Å². The zero-order chi connectivity index (χ0) is 14.9. The van der Waals surface area contributed by atoms with Crippen LogP contribution in [0.3, 0.4) is 0 Å². The number of hydrogen-bond acceptors (Lipinski definition) is 4. The third-order valence-corrected chi connectivity index (χ3v) is 5.76. The number of nitrogen functional groups attached to an aromatic ring is 1. The molecule has 1 aromatic rings. The average Bonchev–Trinajstić information content (AvgIpc) is 3.20. The highest BCUT2D eigenvalue weighted by Crippen LogP contribution is 2.34. The molecule has 5 nitrogen and oxygen atoms in total. The van der Waals surface area contributed by atoms with Gasteiger partial charge in [-0.05, 0) is 37.5 Å². The molecule has 20 heavy (non-hydrogen) atoms. The molecule has 1 saturated carbocycles. The summed E-state index contributed by atoms with van der Waals surface area (Å²) in [4.78, 5) is 0.147. The predicted octanol–water partition coefficient (Wildman–Crippen LogP) is 2.03. The van der Waals surface area contributed by atoms with Crippen LogP contribution in [0.2, 0.25) is 5.02 Å². The third kappa shape index (κ3) is 3.09. The summed E-state index contributed by atoms with van der Waals surface area (Å²) in [5.74, 6) is 0. The van der Waals surface area contributed by atoms with E-state index in [1.807, 2.05) is 0 Å². The molecule has 0 radical (unpaired) electrons. The molecule has 1 aliphatic rings. The predicted molar refractivity (Wildman–Crippen MR) is 79.4 cm³/mol. The molecule has 2 rings (SSSR count). The monoisotopic (exact) mass is 318 g/mol. The quantitative estimate of drug-likeness (QED) is 0.815. The Labute approximate surface area is 124 Å². The summed E-state index contributed by atoms with van der Waals surface area (Å²) in [6, 6.07) is 3.00. The lowest BCUT2D eigenvalue weighted by Gasteiger charge is -2.22. The smallest absolute Gasteiger partial charge is 0.243 e. The lowest BCUT2D eigenvalue weighted by molar-refractivity contribution is 0.177. The van der Waals surface area contributed by atoms with Crippen LogP contribution < -0.4 is 5.73 Å². The van der Waals surface area contributed by atoms with Gasteiger partial charge in [-0.2, -0.15) is 4.31 Å². The van der Waals surface area contributed by atoms with Crippen LogP contribution >= 0.6 is 11.6 Å². The van der Waals surface area contributed by atoms with Crippen molar-refractivity contribution >= 4 is 27.3 Å². The third-order valence-electron chi connectivity index (χ3n) is 3.43. The van der Waals surface area contributed by atoms with Gasteiger partial charge in [-0.25, -0.2) is 8.42 Å². The number of methoxy groups -OCH3 is 1. The Morgan fingerprint density at radius 1 is 1.45 bits per heavy atom. The molecule has 1 fully saturated rings. The van der Waals surface area contributed by atoms with Crippen molar-refractivity contribution in [2.24, 2.45) is 0 Å². The molecule has 0 unspecified atom stereocenters. The standard InChI is InChI=1S/C13H19ClN2O3S/c1-9-12(14)7-11(8-13(9)15)20(17,18)16(5-6-19-2)10-3-4-10/h7-8,10H,3-6,15H2,1-2H3. The van der Waals surface area contributed by atoms with Crippen LogP contribution in [0.1, 0.15) is 18.4 Å². The zero-order valence-electron chi connectivity index (χ0n) is 11.6. The number of rotatable bonds is 6. The minimum absolute atomic E-state index is 0.0662. The second kappa shape index (κ2) is 5.89. The van der Waals surface area contributed by atoms with Crippen LogP contribution in [-0.4, -0.2) is 39.0 Å². The van der Waals surface area contributed by atoms with Crippen molar-refractivity contribution in [3.63, 3.8) is 0 Å². The number of sulfonamides is 1. The number of hydrogen-bond donors (Lipinski definition) is 1. The van der Waals surface area contributed by atoms with Gasteiger partial charge in [0, 0.05) is 30.4 Å². The summed E-state index contributed by atoms with van der Waals surface area (Å²) in [6.07, 6.45) is 1.77. The molecule has 1 aliphatic carbocycles. The molecule has 0 aliphatic heterocycles. The van der Waals surface area contributed by atoms with E-state index in [1.165, 1.54) is 16.4 Å². The van der Waals surface area contributed by atoms with Crippen LogP contribution in [0.4, 0.5) is 5.69 Å². The molecule has 0 spiro atoms. The number of benzene rings is 1. The number of nitrogens with zero attached hydrogens (tertiary/aromatic N) is 1. The maximum Gasteiger partial charge on any atom is 0.243 e. The number of nitrogens with two attached hydrogens (primary N) is 1. The maximum absolute atomic E-state index is 12.7. The van der Waals surface area contributed by atoms with Crippen molar-refractivity contribution in [2.75, 3.05) is 26.0 Å². The Morgan fingerprint density at radius 2 is 2.10 bits per heavy atom. The number of halogens is 1. The summed E-state index contributed by atoms with van der Waals surface area (Å²) in [5, 5.41) is 0.367. The van der Waals surface area contributed by atoms with E-state index in [1.54, 1.807) is 14.0 Å². The molecule has 0 atom stereocenters. The zero-order valence-corrected chi connectivity index (χ0v) is 13.2.